The Bertz CT molecular complexity index is 868. The number of carbonyl (C=O) groups excluding carboxylic acids is 3. The van der Waals surface area contributed by atoms with Crippen LogP contribution < -0.4 is 5.32 Å². The number of ketones is 1. The third kappa shape index (κ3) is 4.89. The Hall–Kier alpha value is -2.25. The lowest BCUT2D eigenvalue weighted by molar-refractivity contribution is -0.111. The zero-order chi connectivity index (χ0) is 19.3. The molecule has 136 valence electrons. The van der Waals surface area contributed by atoms with Gasteiger partial charge in [0.25, 0.3) is 0 Å². The molecule has 7 heteroatoms. The Morgan fingerprint density at radius 3 is 2.46 bits per heavy atom. The van der Waals surface area contributed by atoms with E-state index in [0.717, 1.165) is 21.4 Å². The number of halogens is 1. The number of hydrogen-bond acceptors (Lipinski definition) is 5. The van der Waals surface area contributed by atoms with E-state index in [1.54, 1.807) is 19.9 Å². The van der Waals surface area contributed by atoms with Crippen molar-refractivity contribution in [1.29, 1.82) is 0 Å². The van der Waals surface area contributed by atoms with Gasteiger partial charge in [0.15, 0.2) is 5.78 Å². The van der Waals surface area contributed by atoms with Crippen LogP contribution in [-0.4, -0.2) is 24.3 Å². The molecule has 0 spiro atoms. The lowest BCUT2D eigenvalue weighted by Gasteiger charge is -2.05. The summed E-state index contributed by atoms with van der Waals surface area (Å²) in [7, 11) is 0. The second-order valence-electron chi connectivity index (χ2n) is 5.41. The van der Waals surface area contributed by atoms with Crippen LogP contribution in [0.25, 0.3) is 6.08 Å². The van der Waals surface area contributed by atoms with Gasteiger partial charge in [0.2, 0.25) is 5.91 Å². The molecule has 1 heterocycles. The summed E-state index contributed by atoms with van der Waals surface area (Å²) in [6.45, 7) is 5.00. The van der Waals surface area contributed by atoms with Crippen molar-refractivity contribution in [3.8, 4) is 0 Å². The van der Waals surface area contributed by atoms with Crippen LogP contribution in [0.3, 0.4) is 0 Å². The summed E-state index contributed by atoms with van der Waals surface area (Å²) in [6.07, 6.45) is 3.04. The lowest BCUT2D eigenvalue weighted by atomic mass is 10.1. The summed E-state index contributed by atoms with van der Waals surface area (Å²) in [5.74, 6) is -1.11. The Morgan fingerprint density at radius 1 is 1.23 bits per heavy atom. The molecule has 0 saturated carbocycles. The van der Waals surface area contributed by atoms with E-state index in [1.807, 2.05) is 24.3 Å². The van der Waals surface area contributed by atoms with E-state index in [2.05, 4.69) is 21.2 Å². The van der Waals surface area contributed by atoms with Crippen LogP contribution in [0.4, 0.5) is 5.00 Å². The van der Waals surface area contributed by atoms with Gasteiger partial charge in [0, 0.05) is 10.5 Å². The highest BCUT2D eigenvalue weighted by atomic mass is 79.9. The lowest BCUT2D eigenvalue weighted by Crippen LogP contribution is -2.12. The smallest absolute Gasteiger partial charge is 0.341 e. The normalized spacial score (nSPS) is 10.8. The molecule has 1 aromatic heterocycles. The SMILES string of the molecule is CCOC(=O)c1c(NC(=O)C=Cc2ccc(Br)cc2)sc(C(C)=O)c1C. The molecule has 2 aromatic rings. The van der Waals surface area contributed by atoms with Gasteiger partial charge in [-0.2, -0.15) is 0 Å². The van der Waals surface area contributed by atoms with Crippen molar-refractivity contribution in [3.63, 3.8) is 0 Å². The summed E-state index contributed by atoms with van der Waals surface area (Å²) in [6, 6.07) is 7.47. The average molecular weight is 436 g/mol. The number of rotatable bonds is 6. The fourth-order valence-electron chi connectivity index (χ4n) is 2.29. The Balaban J connectivity index is 2.25. The molecule has 0 aliphatic carbocycles. The quantitative estimate of drug-likeness (QED) is 0.399. The molecule has 1 aromatic carbocycles. The van der Waals surface area contributed by atoms with E-state index in [0.29, 0.717) is 15.4 Å². The first-order valence-electron chi connectivity index (χ1n) is 7.89. The molecule has 1 N–H and O–H groups in total. The number of anilines is 1. The molecule has 0 aliphatic rings. The molecule has 0 aliphatic heterocycles. The molecular weight excluding hydrogens is 418 g/mol. The average Bonchev–Trinajstić information content (AvgIpc) is 2.91. The number of esters is 1. The van der Waals surface area contributed by atoms with Gasteiger partial charge in [-0.25, -0.2) is 4.79 Å². The van der Waals surface area contributed by atoms with Crippen LogP contribution in [0, 0.1) is 6.92 Å². The number of Topliss-reactive ketones (excluding diaryl/α,β-unsaturated/α-hetero) is 1. The van der Waals surface area contributed by atoms with Crippen LogP contribution in [0.2, 0.25) is 0 Å². The Morgan fingerprint density at radius 2 is 1.88 bits per heavy atom. The fourth-order valence-corrected chi connectivity index (χ4v) is 3.64. The van der Waals surface area contributed by atoms with E-state index < -0.39 is 11.9 Å². The van der Waals surface area contributed by atoms with E-state index in [4.69, 9.17) is 4.74 Å². The predicted octanol–water partition coefficient (Wildman–Crippen LogP) is 4.85. The summed E-state index contributed by atoms with van der Waals surface area (Å²) in [4.78, 5) is 36.6. The van der Waals surface area contributed by atoms with E-state index in [1.165, 1.54) is 13.0 Å². The van der Waals surface area contributed by atoms with Crippen LogP contribution in [0.15, 0.2) is 34.8 Å². The highest BCUT2D eigenvalue weighted by Crippen LogP contribution is 2.34. The monoisotopic (exact) mass is 435 g/mol. The second-order valence-corrected chi connectivity index (χ2v) is 7.35. The first-order valence-corrected chi connectivity index (χ1v) is 9.50. The third-order valence-corrected chi connectivity index (χ3v) is 5.32. The summed E-state index contributed by atoms with van der Waals surface area (Å²) in [5.41, 5.74) is 1.61. The van der Waals surface area contributed by atoms with Gasteiger partial charge >= 0.3 is 5.97 Å². The minimum absolute atomic E-state index is 0.163. The molecule has 0 saturated heterocycles. The maximum atomic E-state index is 12.2. The maximum absolute atomic E-state index is 12.2. The highest BCUT2D eigenvalue weighted by Gasteiger charge is 2.24. The number of ether oxygens (including phenoxy) is 1. The molecule has 5 nitrogen and oxygen atoms in total. The van der Waals surface area contributed by atoms with Gasteiger partial charge in [-0.05, 0) is 50.1 Å². The van der Waals surface area contributed by atoms with Crippen molar-refractivity contribution in [2.75, 3.05) is 11.9 Å². The summed E-state index contributed by atoms with van der Waals surface area (Å²) in [5, 5.41) is 2.99. The van der Waals surface area contributed by atoms with E-state index >= 15 is 0 Å². The number of carbonyl (C=O) groups is 3. The Labute approximate surface area is 164 Å². The molecule has 0 fully saturated rings. The number of amides is 1. The second kappa shape index (κ2) is 8.91. The van der Waals surface area contributed by atoms with Crippen LogP contribution in [0.5, 0.6) is 0 Å². The van der Waals surface area contributed by atoms with Crippen LogP contribution >= 0.6 is 27.3 Å². The van der Waals surface area contributed by atoms with Crippen LogP contribution in [-0.2, 0) is 9.53 Å². The maximum Gasteiger partial charge on any atom is 0.341 e. The molecule has 0 atom stereocenters. The first-order chi connectivity index (χ1) is 12.3. The Kier molecular flexibility index (Phi) is 6.88. The van der Waals surface area contributed by atoms with Gasteiger partial charge < -0.3 is 10.1 Å². The molecular formula is C19H18BrNO4S. The minimum Gasteiger partial charge on any atom is -0.462 e. The van der Waals surface area contributed by atoms with Crippen molar-refractivity contribution < 1.29 is 19.1 Å². The van der Waals surface area contributed by atoms with Crippen molar-refractivity contribution in [2.24, 2.45) is 0 Å². The number of nitrogens with one attached hydrogen (secondary N) is 1. The molecule has 0 radical (unpaired) electrons. The van der Waals surface area contributed by atoms with E-state index in [9.17, 15) is 14.4 Å². The standard InChI is InChI=1S/C19H18BrNO4S/c1-4-25-19(24)16-11(2)17(12(3)22)26-18(16)21-15(23)10-7-13-5-8-14(20)9-6-13/h5-10H,4H2,1-3H3,(H,21,23). The minimum atomic E-state index is -0.555. The van der Waals surface area contributed by atoms with Gasteiger partial charge in [-0.1, -0.05) is 28.1 Å². The predicted molar refractivity (Wildman–Crippen MR) is 107 cm³/mol. The summed E-state index contributed by atoms with van der Waals surface area (Å²) < 4.78 is 6.00. The highest BCUT2D eigenvalue weighted by molar-refractivity contribution is 9.10. The number of benzene rings is 1. The largest absolute Gasteiger partial charge is 0.462 e. The summed E-state index contributed by atoms with van der Waals surface area (Å²) >= 11 is 4.43. The van der Waals surface area contributed by atoms with Gasteiger partial charge in [-0.15, -0.1) is 11.3 Å². The number of hydrogen-bond donors (Lipinski definition) is 1. The molecule has 0 bridgehead atoms. The molecule has 26 heavy (non-hydrogen) atoms. The van der Waals surface area contributed by atoms with Crippen LogP contribution in [0.1, 0.15) is 45.0 Å². The van der Waals surface area contributed by atoms with Gasteiger partial charge in [-0.3, -0.25) is 9.59 Å². The molecule has 1 amide bonds. The number of thiophene rings is 1. The van der Waals surface area contributed by atoms with Gasteiger partial charge in [0.1, 0.15) is 5.00 Å². The third-order valence-electron chi connectivity index (χ3n) is 3.48. The molecule has 2 rings (SSSR count). The van der Waals surface area contributed by atoms with Crippen molar-refractivity contribution >= 4 is 56.0 Å². The first kappa shape index (κ1) is 20.1. The zero-order valence-electron chi connectivity index (χ0n) is 14.6. The van der Waals surface area contributed by atoms with Crippen molar-refractivity contribution in [3.05, 3.63) is 56.4 Å². The molecule has 0 unspecified atom stereocenters. The fraction of sp³-hybridized carbons (Fsp3) is 0.211. The van der Waals surface area contributed by atoms with Gasteiger partial charge in [0.05, 0.1) is 17.0 Å². The zero-order valence-corrected chi connectivity index (χ0v) is 17.0. The van der Waals surface area contributed by atoms with Crippen molar-refractivity contribution in [1.82, 2.24) is 0 Å². The van der Waals surface area contributed by atoms with E-state index in [-0.39, 0.29) is 18.0 Å². The topological polar surface area (TPSA) is 72.5 Å². The van der Waals surface area contributed by atoms with Crippen molar-refractivity contribution in [2.45, 2.75) is 20.8 Å².